The number of hydrogen-bond donors (Lipinski definition) is 0. The molecule has 7 heteroatoms. The molecule has 106 valence electrons. The van der Waals surface area contributed by atoms with Gasteiger partial charge in [0.15, 0.2) is 0 Å². The van der Waals surface area contributed by atoms with Crippen LogP contribution >= 0.6 is 11.3 Å². The smallest absolute Gasteiger partial charge is 0.324 e. The highest BCUT2D eigenvalue weighted by Crippen LogP contribution is 2.21. The van der Waals surface area contributed by atoms with Crippen molar-refractivity contribution in [3.05, 3.63) is 52.5 Å². The number of hydrogen-bond acceptors (Lipinski definition) is 3. The van der Waals surface area contributed by atoms with Crippen LogP contribution in [-0.4, -0.2) is 28.5 Å². The first-order valence-electron chi connectivity index (χ1n) is 5.74. The molecule has 20 heavy (non-hydrogen) atoms. The van der Waals surface area contributed by atoms with Gasteiger partial charge in [0, 0.05) is 17.3 Å². The Bertz CT molecular complexity index is 555. The van der Waals surface area contributed by atoms with Gasteiger partial charge in [-0.1, -0.05) is 6.07 Å². The van der Waals surface area contributed by atoms with Crippen LogP contribution in [0, 0.1) is 0 Å². The van der Waals surface area contributed by atoms with Crippen molar-refractivity contribution in [3.63, 3.8) is 0 Å². The largest absolute Gasteiger partial charge is 0.406 e. The fraction of sp³-hybridized carbons (Fsp3) is 0.231. The molecule has 3 nitrogen and oxygen atoms in total. The molecule has 0 N–H and O–H groups in total. The summed E-state index contributed by atoms with van der Waals surface area (Å²) < 4.78 is 37.8. The average Bonchev–Trinajstić information content (AvgIpc) is 2.89. The lowest BCUT2D eigenvalue weighted by Gasteiger charge is -2.23. The quantitative estimate of drug-likeness (QED) is 0.867. The molecule has 0 fully saturated rings. The summed E-state index contributed by atoms with van der Waals surface area (Å²) in [5.41, 5.74) is 0.147. The molecule has 0 aliphatic carbocycles. The van der Waals surface area contributed by atoms with Crippen molar-refractivity contribution in [2.75, 3.05) is 6.54 Å². The standard InChI is InChI=1S/C13H11F3N2OS/c14-13(15,16)9-18(8-11-4-2-6-20-11)12(19)10-3-1-5-17-7-10/h1-7H,8-9H2. The Balaban J connectivity index is 2.19. The number of thiophene rings is 1. The van der Waals surface area contributed by atoms with Gasteiger partial charge in [-0.25, -0.2) is 0 Å². The predicted molar refractivity (Wildman–Crippen MR) is 69.4 cm³/mol. The predicted octanol–water partition coefficient (Wildman–Crippen LogP) is 3.35. The summed E-state index contributed by atoms with van der Waals surface area (Å²) in [5, 5.41) is 1.76. The number of amides is 1. The van der Waals surface area contributed by atoms with E-state index in [1.54, 1.807) is 17.5 Å². The Morgan fingerprint density at radius 2 is 2.10 bits per heavy atom. The molecule has 0 atom stereocenters. The van der Waals surface area contributed by atoms with Gasteiger partial charge in [-0.05, 0) is 23.6 Å². The van der Waals surface area contributed by atoms with Gasteiger partial charge in [0.2, 0.25) is 0 Å². The lowest BCUT2D eigenvalue weighted by atomic mass is 10.2. The Kier molecular flexibility index (Phi) is 4.39. The van der Waals surface area contributed by atoms with Crippen molar-refractivity contribution in [1.29, 1.82) is 0 Å². The maximum Gasteiger partial charge on any atom is 0.406 e. The molecule has 0 unspecified atom stereocenters. The van der Waals surface area contributed by atoms with Crippen molar-refractivity contribution in [2.45, 2.75) is 12.7 Å². The van der Waals surface area contributed by atoms with Gasteiger partial charge in [0.05, 0.1) is 12.1 Å². The molecule has 1 amide bonds. The number of aromatic nitrogens is 1. The summed E-state index contributed by atoms with van der Waals surface area (Å²) in [6.07, 6.45) is -1.71. The van der Waals surface area contributed by atoms with Crippen LogP contribution in [0.25, 0.3) is 0 Å². The number of rotatable bonds is 4. The first-order chi connectivity index (χ1) is 9.46. The van der Waals surface area contributed by atoms with Crippen LogP contribution in [0.15, 0.2) is 42.0 Å². The minimum absolute atomic E-state index is 0.0646. The first-order valence-corrected chi connectivity index (χ1v) is 6.62. The Hall–Kier alpha value is -1.89. The van der Waals surface area contributed by atoms with Gasteiger partial charge < -0.3 is 4.90 Å². The van der Waals surface area contributed by atoms with E-state index < -0.39 is 18.6 Å². The first kappa shape index (κ1) is 14.5. The van der Waals surface area contributed by atoms with Gasteiger partial charge in [0.25, 0.3) is 5.91 Å². The number of pyridine rings is 1. The van der Waals surface area contributed by atoms with Crippen LogP contribution in [0.4, 0.5) is 13.2 Å². The van der Waals surface area contributed by atoms with Crippen molar-refractivity contribution in [2.24, 2.45) is 0 Å². The normalized spacial score (nSPS) is 11.3. The summed E-state index contributed by atoms with van der Waals surface area (Å²) in [6, 6.07) is 6.40. The highest BCUT2D eigenvalue weighted by molar-refractivity contribution is 7.09. The summed E-state index contributed by atoms with van der Waals surface area (Å²) in [5.74, 6) is -0.677. The van der Waals surface area contributed by atoms with E-state index in [1.165, 1.54) is 35.9 Å². The third-order valence-electron chi connectivity index (χ3n) is 2.49. The molecule has 0 radical (unpaired) electrons. The molecule has 0 aliphatic rings. The van der Waals surface area contributed by atoms with E-state index in [0.717, 1.165) is 4.90 Å². The SMILES string of the molecule is O=C(c1cccnc1)N(Cc1cccs1)CC(F)(F)F. The van der Waals surface area contributed by atoms with Crippen LogP contribution in [0.1, 0.15) is 15.2 Å². The number of carbonyl (C=O) groups is 1. The third-order valence-corrected chi connectivity index (χ3v) is 3.35. The van der Waals surface area contributed by atoms with Crippen molar-refractivity contribution < 1.29 is 18.0 Å². The minimum atomic E-state index is -4.44. The maximum atomic E-state index is 12.6. The van der Waals surface area contributed by atoms with Crippen LogP contribution in [0.2, 0.25) is 0 Å². The summed E-state index contributed by atoms with van der Waals surface area (Å²) >= 11 is 1.31. The van der Waals surface area contributed by atoms with E-state index in [9.17, 15) is 18.0 Å². The highest BCUT2D eigenvalue weighted by Gasteiger charge is 2.33. The average molecular weight is 300 g/mol. The molecule has 0 aromatic carbocycles. The number of alkyl halides is 3. The molecule has 0 aliphatic heterocycles. The van der Waals surface area contributed by atoms with Gasteiger partial charge in [0.1, 0.15) is 6.54 Å². The van der Waals surface area contributed by atoms with Crippen molar-refractivity contribution in [1.82, 2.24) is 9.88 Å². The molecule has 2 rings (SSSR count). The third kappa shape index (κ3) is 4.06. The second-order valence-electron chi connectivity index (χ2n) is 4.10. The van der Waals surface area contributed by atoms with Gasteiger partial charge in [-0.2, -0.15) is 13.2 Å². The van der Waals surface area contributed by atoms with Crippen LogP contribution < -0.4 is 0 Å². The zero-order valence-electron chi connectivity index (χ0n) is 10.3. The fourth-order valence-electron chi connectivity index (χ4n) is 1.68. The van der Waals surface area contributed by atoms with E-state index in [-0.39, 0.29) is 12.1 Å². The maximum absolute atomic E-state index is 12.6. The van der Waals surface area contributed by atoms with E-state index in [2.05, 4.69) is 4.98 Å². The number of carbonyl (C=O) groups excluding carboxylic acids is 1. The molecule has 2 heterocycles. The number of halogens is 3. The van der Waals surface area contributed by atoms with E-state index in [0.29, 0.717) is 4.88 Å². The summed E-state index contributed by atoms with van der Waals surface area (Å²) in [7, 11) is 0. The second kappa shape index (κ2) is 6.04. The molecule has 0 bridgehead atoms. The summed E-state index contributed by atoms with van der Waals surface area (Å²) in [6.45, 7) is -1.34. The molecule has 0 saturated carbocycles. The Morgan fingerprint density at radius 3 is 2.65 bits per heavy atom. The Labute approximate surface area is 117 Å². The summed E-state index contributed by atoms with van der Waals surface area (Å²) in [4.78, 5) is 17.4. The fourth-order valence-corrected chi connectivity index (χ4v) is 2.40. The molecular formula is C13H11F3N2OS. The van der Waals surface area contributed by atoms with E-state index in [1.807, 2.05) is 0 Å². The van der Waals surface area contributed by atoms with Crippen LogP contribution in [-0.2, 0) is 6.54 Å². The molecule has 0 saturated heterocycles. The monoisotopic (exact) mass is 300 g/mol. The highest BCUT2D eigenvalue weighted by atomic mass is 32.1. The molecule has 0 spiro atoms. The van der Waals surface area contributed by atoms with Crippen LogP contribution in [0.3, 0.4) is 0 Å². The topological polar surface area (TPSA) is 33.2 Å². The molecule has 2 aromatic rings. The molecule has 2 aromatic heterocycles. The second-order valence-corrected chi connectivity index (χ2v) is 5.13. The minimum Gasteiger partial charge on any atom is -0.324 e. The Morgan fingerprint density at radius 1 is 1.30 bits per heavy atom. The zero-order valence-corrected chi connectivity index (χ0v) is 11.1. The van der Waals surface area contributed by atoms with Crippen molar-refractivity contribution >= 4 is 17.2 Å². The lowest BCUT2D eigenvalue weighted by Crippen LogP contribution is -2.38. The molecular weight excluding hydrogens is 289 g/mol. The van der Waals surface area contributed by atoms with Gasteiger partial charge >= 0.3 is 6.18 Å². The van der Waals surface area contributed by atoms with E-state index >= 15 is 0 Å². The van der Waals surface area contributed by atoms with Gasteiger partial charge in [-0.3, -0.25) is 9.78 Å². The van der Waals surface area contributed by atoms with E-state index in [4.69, 9.17) is 0 Å². The zero-order chi connectivity index (χ0) is 14.6. The number of nitrogens with zero attached hydrogens (tertiary/aromatic N) is 2. The van der Waals surface area contributed by atoms with Crippen molar-refractivity contribution in [3.8, 4) is 0 Å². The lowest BCUT2D eigenvalue weighted by molar-refractivity contribution is -0.141. The van der Waals surface area contributed by atoms with Gasteiger partial charge in [-0.15, -0.1) is 11.3 Å². The van der Waals surface area contributed by atoms with Crippen LogP contribution in [0.5, 0.6) is 0 Å².